The molecule has 0 radical (unpaired) electrons. The standard InChI is InChI=1S/C19H24N2O4/c1-4-19(2,18(24)25-3)21-16(22)12-7-13-5-8-14(9-6-13)17(23)20-15-10-11-15/h5-9,12,15H,4,10-11H2,1-3H3,(H,20,23)(H,21,22). The van der Waals surface area contributed by atoms with Crippen LogP contribution in [0.15, 0.2) is 30.3 Å². The summed E-state index contributed by atoms with van der Waals surface area (Å²) in [5.74, 6) is -0.944. The van der Waals surface area contributed by atoms with Gasteiger partial charge in [0.1, 0.15) is 5.54 Å². The Morgan fingerprint density at radius 1 is 1.24 bits per heavy atom. The predicted octanol–water partition coefficient (Wildman–Crippen LogP) is 2.05. The number of esters is 1. The van der Waals surface area contributed by atoms with Crippen LogP contribution in [0.25, 0.3) is 6.08 Å². The lowest BCUT2D eigenvalue weighted by Crippen LogP contribution is -2.51. The smallest absolute Gasteiger partial charge is 0.331 e. The first kappa shape index (κ1) is 18.7. The molecule has 1 aliphatic rings. The number of rotatable bonds is 7. The van der Waals surface area contributed by atoms with Crippen molar-refractivity contribution in [2.75, 3.05) is 7.11 Å². The lowest BCUT2D eigenvalue weighted by Gasteiger charge is -2.25. The van der Waals surface area contributed by atoms with Crippen LogP contribution in [-0.2, 0) is 14.3 Å². The molecule has 0 saturated heterocycles. The van der Waals surface area contributed by atoms with Crippen LogP contribution < -0.4 is 10.6 Å². The Hall–Kier alpha value is -2.63. The zero-order valence-corrected chi connectivity index (χ0v) is 14.8. The largest absolute Gasteiger partial charge is 0.467 e. The maximum Gasteiger partial charge on any atom is 0.331 e. The molecule has 0 heterocycles. The second kappa shape index (κ2) is 7.96. The molecule has 25 heavy (non-hydrogen) atoms. The van der Waals surface area contributed by atoms with Crippen LogP contribution in [0.3, 0.4) is 0 Å². The Kier molecular flexibility index (Phi) is 5.96. The number of benzene rings is 1. The monoisotopic (exact) mass is 344 g/mol. The lowest BCUT2D eigenvalue weighted by molar-refractivity contribution is -0.149. The topological polar surface area (TPSA) is 84.5 Å². The molecular formula is C19H24N2O4. The molecule has 0 bridgehead atoms. The van der Waals surface area contributed by atoms with Gasteiger partial charge in [-0.25, -0.2) is 4.79 Å². The Balaban J connectivity index is 1.94. The van der Waals surface area contributed by atoms with E-state index in [1.54, 1.807) is 44.2 Å². The Morgan fingerprint density at radius 3 is 2.40 bits per heavy atom. The van der Waals surface area contributed by atoms with E-state index in [-0.39, 0.29) is 11.8 Å². The Morgan fingerprint density at radius 2 is 1.88 bits per heavy atom. The SMILES string of the molecule is CCC(C)(NC(=O)C=Cc1ccc(C(=O)NC2CC2)cc1)C(=O)OC. The first-order valence-corrected chi connectivity index (χ1v) is 8.37. The number of carbonyl (C=O) groups excluding carboxylic acids is 3. The summed E-state index contributed by atoms with van der Waals surface area (Å²) in [6.07, 6.45) is 5.50. The minimum atomic E-state index is -1.05. The third-order valence-corrected chi connectivity index (χ3v) is 4.25. The second-order valence-electron chi connectivity index (χ2n) is 6.37. The van der Waals surface area contributed by atoms with E-state index < -0.39 is 11.5 Å². The van der Waals surface area contributed by atoms with Crippen LogP contribution in [0.1, 0.15) is 49.0 Å². The molecule has 0 spiro atoms. The van der Waals surface area contributed by atoms with Gasteiger partial charge in [0.05, 0.1) is 7.11 Å². The Bertz CT molecular complexity index is 677. The van der Waals surface area contributed by atoms with E-state index in [1.807, 2.05) is 0 Å². The third kappa shape index (κ3) is 5.17. The predicted molar refractivity (Wildman–Crippen MR) is 94.8 cm³/mol. The Labute approximate surface area is 147 Å². The van der Waals surface area contributed by atoms with Gasteiger partial charge in [0, 0.05) is 17.7 Å². The van der Waals surface area contributed by atoms with E-state index in [9.17, 15) is 14.4 Å². The highest BCUT2D eigenvalue weighted by Gasteiger charge is 2.33. The molecular weight excluding hydrogens is 320 g/mol. The van der Waals surface area contributed by atoms with E-state index in [0.717, 1.165) is 18.4 Å². The van der Waals surface area contributed by atoms with Gasteiger partial charge in [-0.1, -0.05) is 19.1 Å². The highest BCUT2D eigenvalue weighted by Crippen LogP contribution is 2.19. The van der Waals surface area contributed by atoms with Crippen molar-refractivity contribution in [3.63, 3.8) is 0 Å². The molecule has 1 fully saturated rings. The maximum atomic E-state index is 12.0. The highest BCUT2D eigenvalue weighted by molar-refractivity contribution is 5.97. The van der Waals surface area contributed by atoms with E-state index in [0.29, 0.717) is 18.0 Å². The zero-order valence-electron chi connectivity index (χ0n) is 14.8. The van der Waals surface area contributed by atoms with Crippen LogP contribution in [-0.4, -0.2) is 36.5 Å². The summed E-state index contributed by atoms with van der Waals surface area (Å²) in [6.45, 7) is 3.42. The van der Waals surface area contributed by atoms with Crippen molar-refractivity contribution in [2.24, 2.45) is 0 Å². The van der Waals surface area contributed by atoms with Crippen molar-refractivity contribution in [1.82, 2.24) is 10.6 Å². The van der Waals surface area contributed by atoms with Crippen molar-refractivity contribution >= 4 is 23.9 Å². The molecule has 2 N–H and O–H groups in total. The van der Waals surface area contributed by atoms with Crippen LogP contribution in [0, 0.1) is 0 Å². The summed E-state index contributed by atoms with van der Waals surface area (Å²) in [5.41, 5.74) is 0.327. The molecule has 2 amide bonds. The molecule has 0 aliphatic heterocycles. The van der Waals surface area contributed by atoms with Crippen LogP contribution in [0.5, 0.6) is 0 Å². The zero-order chi connectivity index (χ0) is 18.4. The van der Waals surface area contributed by atoms with Crippen molar-refractivity contribution in [3.8, 4) is 0 Å². The lowest BCUT2D eigenvalue weighted by atomic mass is 9.99. The normalized spacial score (nSPS) is 16.1. The minimum Gasteiger partial charge on any atom is -0.467 e. The molecule has 1 saturated carbocycles. The summed E-state index contributed by atoms with van der Waals surface area (Å²) in [6, 6.07) is 7.30. The fourth-order valence-electron chi connectivity index (χ4n) is 2.24. The summed E-state index contributed by atoms with van der Waals surface area (Å²) in [5, 5.41) is 5.58. The molecule has 0 aromatic heterocycles. The number of carbonyl (C=O) groups is 3. The average Bonchev–Trinajstić information content (AvgIpc) is 3.43. The van der Waals surface area contributed by atoms with Gasteiger partial charge in [0.15, 0.2) is 0 Å². The molecule has 2 rings (SSSR count). The first-order valence-electron chi connectivity index (χ1n) is 8.37. The molecule has 1 unspecified atom stereocenters. The number of methoxy groups -OCH3 is 1. The van der Waals surface area contributed by atoms with Crippen LogP contribution >= 0.6 is 0 Å². The van der Waals surface area contributed by atoms with Crippen molar-refractivity contribution < 1.29 is 19.1 Å². The first-order chi connectivity index (χ1) is 11.9. The van der Waals surface area contributed by atoms with E-state index in [2.05, 4.69) is 10.6 Å². The number of amides is 2. The van der Waals surface area contributed by atoms with Gasteiger partial charge in [-0.15, -0.1) is 0 Å². The summed E-state index contributed by atoms with van der Waals surface area (Å²) in [4.78, 5) is 35.7. The number of hydrogen-bond donors (Lipinski definition) is 2. The number of hydrogen-bond acceptors (Lipinski definition) is 4. The van der Waals surface area contributed by atoms with Gasteiger partial charge in [0.2, 0.25) is 5.91 Å². The van der Waals surface area contributed by atoms with Gasteiger partial charge in [-0.3, -0.25) is 9.59 Å². The summed E-state index contributed by atoms with van der Waals surface area (Å²) >= 11 is 0. The third-order valence-electron chi connectivity index (χ3n) is 4.25. The van der Waals surface area contributed by atoms with Crippen molar-refractivity contribution in [2.45, 2.75) is 44.7 Å². The van der Waals surface area contributed by atoms with Gasteiger partial charge >= 0.3 is 5.97 Å². The van der Waals surface area contributed by atoms with E-state index in [1.165, 1.54) is 13.2 Å². The molecule has 6 heteroatoms. The van der Waals surface area contributed by atoms with Gasteiger partial charge in [-0.05, 0) is 50.0 Å². The van der Waals surface area contributed by atoms with E-state index >= 15 is 0 Å². The van der Waals surface area contributed by atoms with Crippen LogP contribution in [0.2, 0.25) is 0 Å². The fraction of sp³-hybridized carbons (Fsp3) is 0.421. The average molecular weight is 344 g/mol. The highest BCUT2D eigenvalue weighted by atomic mass is 16.5. The number of ether oxygens (including phenoxy) is 1. The molecule has 1 atom stereocenters. The maximum absolute atomic E-state index is 12.0. The number of nitrogens with one attached hydrogen (secondary N) is 2. The van der Waals surface area contributed by atoms with Gasteiger partial charge in [-0.2, -0.15) is 0 Å². The fourth-order valence-corrected chi connectivity index (χ4v) is 2.24. The summed E-state index contributed by atoms with van der Waals surface area (Å²) < 4.78 is 4.72. The molecule has 6 nitrogen and oxygen atoms in total. The molecule has 1 aliphatic carbocycles. The van der Waals surface area contributed by atoms with Crippen molar-refractivity contribution in [3.05, 3.63) is 41.5 Å². The molecule has 1 aromatic carbocycles. The quantitative estimate of drug-likeness (QED) is 0.586. The van der Waals surface area contributed by atoms with Gasteiger partial charge < -0.3 is 15.4 Å². The van der Waals surface area contributed by atoms with Gasteiger partial charge in [0.25, 0.3) is 5.91 Å². The second-order valence-corrected chi connectivity index (χ2v) is 6.37. The molecule has 1 aromatic rings. The summed E-state index contributed by atoms with van der Waals surface area (Å²) in [7, 11) is 1.29. The van der Waals surface area contributed by atoms with Crippen molar-refractivity contribution in [1.29, 1.82) is 0 Å². The van der Waals surface area contributed by atoms with Crippen LogP contribution in [0.4, 0.5) is 0 Å². The van der Waals surface area contributed by atoms with E-state index in [4.69, 9.17) is 4.74 Å². The minimum absolute atomic E-state index is 0.0763. The molecule has 134 valence electrons.